The zero-order valence-electron chi connectivity index (χ0n) is 12.1. The van der Waals surface area contributed by atoms with E-state index in [0.717, 1.165) is 23.2 Å². The molecule has 2 aromatic carbocycles. The maximum Gasteiger partial charge on any atom is 0.327 e. The Bertz CT molecular complexity index is 753. The topological polar surface area (TPSA) is 56.1 Å². The molecular weight excluding hydrogens is 278 g/mol. The normalized spacial score (nSPS) is 10.5. The molecule has 0 aliphatic rings. The molecule has 0 saturated carbocycles. The van der Waals surface area contributed by atoms with Gasteiger partial charge in [0, 0.05) is 6.54 Å². The smallest absolute Gasteiger partial charge is 0.327 e. The molecule has 0 bridgehead atoms. The lowest BCUT2D eigenvalue weighted by molar-refractivity contribution is 0.241. The Hall–Kier alpha value is -2.82. The number of aromatic nitrogens is 2. The Morgan fingerprint density at radius 1 is 1.09 bits per heavy atom. The van der Waals surface area contributed by atoms with Gasteiger partial charge in [-0.05, 0) is 30.7 Å². The zero-order valence-corrected chi connectivity index (χ0v) is 12.1. The predicted molar refractivity (Wildman–Crippen MR) is 85.1 cm³/mol. The lowest BCUT2D eigenvalue weighted by Crippen LogP contribution is -2.29. The van der Waals surface area contributed by atoms with Crippen LogP contribution in [0.15, 0.2) is 60.9 Å². The summed E-state index contributed by atoms with van der Waals surface area (Å²) in [7, 11) is 0. The van der Waals surface area contributed by atoms with Crippen molar-refractivity contribution in [3.05, 3.63) is 60.9 Å². The summed E-state index contributed by atoms with van der Waals surface area (Å²) in [6, 6.07) is 17.0. The van der Waals surface area contributed by atoms with Crippen LogP contribution in [0.3, 0.4) is 0 Å². The number of fused-ring (bicyclic) bond motifs is 1. The molecule has 0 aliphatic heterocycles. The number of hydrogen-bond donors (Lipinski definition) is 1. The van der Waals surface area contributed by atoms with Gasteiger partial charge in [0.25, 0.3) is 0 Å². The number of para-hydroxylation sites is 3. The first-order chi connectivity index (χ1) is 10.8. The number of carbonyl (C=O) groups excluding carboxylic acids is 1. The summed E-state index contributed by atoms with van der Waals surface area (Å²) in [4.78, 5) is 16.3. The number of ether oxygens (including phenoxy) is 1. The Morgan fingerprint density at radius 2 is 1.86 bits per heavy atom. The monoisotopic (exact) mass is 295 g/mol. The highest BCUT2D eigenvalue weighted by Crippen LogP contribution is 2.11. The minimum Gasteiger partial charge on any atom is -0.494 e. The van der Waals surface area contributed by atoms with E-state index in [1.165, 1.54) is 4.57 Å². The number of amides is 1. The molecule has 5 nitrogen and oxygen atoms in total. The van der Waals surface area contributed by atoms with Crippen LogP contribution >= 0.6 is 0 Å². The molecule has 1 aromatic heterocycles. The lowest BCUT2D eigenvalue weighted by Gasteiger charge is -2.08. The van der Waals surface area contributed by atoms with E-state index in [9.17, 15) is 4.79 Å². The number of nitrogens with zero attached hydrogens (tertiary/aromatic N) is 2. The summed E-state index contributed by atoms with van der Waals surface area (Å²) in [5, 5.41) is 2.87. The van der Waals surface area contributed by atoms with Crippen LogP contribution in [0.1, 0.15) is 6.42 Å². The largest absolute Gasteiger partial charge is 0.494 e. The average molecular weight is 295 g/mol. The second-order valence-corrected chi connectivity index (χ2v) is 4.85. The summed E-state index contributed by atoms with van der Waals surface area (Å²) in [5.41, 5.74) is 1.62. The van der Waals surface area contributed by atoms with Gasteiger partial charge >= 0.3 is 6.03 Å². The Labute approximate surface area is 128 Å². The van der Waals surface area contributed by atoms with Crippen LogP contribution in [0, 0.1) is 0 Å². The highest BCUT2D eigenvalue weighted by atomic mass is 16.5. The minimum absolute atomic E-state index is 0.173. The number of hydrogen-bond acceptors (Lipinski definition) is 3. The van der Waals surface area contributed by atoms with Crippen LogP contribution in [-0.4, -0.2) is 28.7 Å². The van der Waals surface area contributed by atoms with Crippen molar-refractivity contribution in [3.63, 3.8) is 0 Å². The molecule has 0 saturated heterocycles. The summed E-state index contributed by atoms with van der Waals surface area (Å²) >= 11 is 0. The van der Waals surface area contributed by atoms with Gasteiger partial charge in [0.05, 0.1) is 17.6 Å². The molecule has 3 aromatic rings. The van der Waals surface area contributed by atoms with E-state index in [-0.39, 0.29) is 6.03 Å². The first kappa shape index (κ1) is 14.1. The second-order valence-electron chi connectivity index (χ2n) is 4.85. The van der Waals surface area contributed by atoms with Gasteiger partial charge in [0.15, 0.2) is 0 Å². The van der Waals surface area contributed by atoms with Crippen LogP contribution in [0.2, 0.25) is 0 Å². The Balaban J connectivity index is 1.47. The van der Waals surface area contributed by atoms with Gasteiger partial charge in [-0.1, -0.05) is 30.3 Å². The molecule has 0 fully saturated rings. The first-order valence-corrected chi connectivity index (χ1v) is 7.23. The molecule has 1 heterocycles. The number of rotatable bonds is 5. The van der Waals surface area contributed by atoms with Crippen molar-refractivity contribution in [3.8, 4) is 5.75 Å². The van der Waals surface area contributed by atoms with Gasteiger partial charge in [-0.15, -0.1) is 0 Å². The molecule has 3 rings (SSSR count). The molecule has 1 amide bonds. The summed E-state index contributed by atoms with van der Waals surface area (Å²) in [6.07, 6.45) is 2.29. The third kappa shape index (κ3) is 3.25. The summed E-state index contributed by atoms with van der Waals surface area (Å²) < 4.78 is 7.10. The number of carbonyl (C=O) groups is 1. The van der Waals surface area contributed by atoms with Crippen molar-refractivity contribution in [2.24, 2.45) is 0 Å². The maximum atomic E-state index is 12.1. The van der Waals surface area contributed by atoms with Crippen molar-refractivity contribution in [1.29, 1.82) is 0 Å². The van der Waals surface area contributed by atoms with Crippen LogP contribution in [-0.2, 0) is 0 Å². The van der Waals surface area contributed by atoms with Gasteiger partial charge in [-0.3, -0.25) is 4.57 Å². The molecule has 0 atom stereocenters. The molecule has 22 heavy (non-hydrogen) atoms. The lowest BCUT2D eigenvalue weighted by atomic mass is 10.3. The van der Waals surface area contributed by atoms with E-state index in [1.54, 1.807) is 6.33 Å². The van der Waals surface area contributed by atoms with E-state index in [4.69, 9.17) is 4.74 Å². The van der Waals surface area contributed by atoms with Gasteiger partial charge in [-0.25, -0.2) is 9.78 Å². The molecule has 0 spiro atoms. The van der Waals surface area contributed by atoms with Gasteiger partial charge in [0.2, 0.25) is 0 Å². The van der Waals surface area contributed by atoms with Crippen LogP contribution < -0.4 is 10.1 Å². The van der Waals surface area contributed by atoms with Crippen LogP contribution in [0.4, 0.5) is 4.79 Å². The molecule has 112 valence electrons. The highest BCUT2D eigenvalue weighted by molar-refractivity contribution is 5.88. The highest BCUT2D eigenvalue weighted by Gasteiger charge is 2.08. The zero-order chi connectivity index (χ0) is 15.2. The fourth-order valence-corrected chi connectivity index (χ4v) is 2.18. The standard InChI is InChI=1S/C17H17N3O2/c21-17(20-13-19-15-9-4-5-10-16(15)20)18-11-6-12-22-14-7-2-1-3-8-14/h1-5,7-10,13H,6,11-12H2,(H,18,21). The van der Waals surface area contributed by atoms with Crippen molar-refractivity contribution < 1.29 is 9.53 Å². The average Bonchev–Trinajstić information content (AvgIpc) is 2.99. The second kappa shape index (κ2) is 6.76. The first-order valence-electron chi connectivity index (χ1n) is 7.23. The third-order valence-electron chi connectivity index (χ3n) is 3.28. The minimum atomic E-state index is -0.173. The Morgan fingerprint density at radius 3 is 2.73 bits per heavy atom. The fourth-order valence-electron chi connectivity index (χ4n) is 2.18. The SMILES string of the molecule is O=C(NCCCOc1ccccc1)n1cnc2ccccc21. The molecule has 5 heteroatoms. The fraction of sp³-hybridized carbons (Fsp3) is 0.176. The van der Waals surface area contributed by atoms with Crippen molar-refractivity contribution >= 4 is 17.1 Å². The number of nitrogens with one attached hydrogen (secondary N) is 1. The van der Waals surface area contributed by atoms with E-state index < -0.39 is 0 Å². The van der Waals surface area contributed by atoms with Gasteiger partial charge in [0.1, 0.15) is 12.1 Å². The maximum absolute atomic E-state index is 12.1. The van der Waals surface area contributed by atoms with Gasteiger partial charge < -0.3 is 10.1 Å². The molecule has 0 unspecified atom stereocenters. The van der Waals surface area contributed by atoms with E-state index in [2.05, 4.69) is 10.3 Å². The number of imidazole rings is 1. The van der Waals surface area contributed by atoms with E-state index in [1.807, 2.05) is 54.6 Å². The van der Waals surface area contributed by atoms with Crippen molar-refractivity contribution in [2.45, 2.75) is 6.42 Å². The summed E-state index contributed by atoms with van der Waals surface area (Å²) in [5.74, 6) is 0.842. The quantitative estimate of drug-likeness (QED) is 0.736. The molecule has 0 radical (unpaired) electrons. The third-order valence-corrected chi connectivity index (χ3v) is 3.28. The molecule has 0 aliphatic carbocycles. The predicted octanol–water partition coefficient (Wildman–Crippen LogP) is 3.06. The summed E-state index contributed by atoms with van der Waals surface area (Å²) in [6.45, 7) is 1.12. The van der Waals surface area contributed by atoms with Crippen LogP contribution in [0.5, 0.6) is 5.75 Å². The molecular formula is C17H17N3O2. The van der Waals surface area contributed by atoms with Crippen molar-refractivity contribution in [1.82, 2.24) is 14.9 Å². The van der Waals surface area contributed by atoms with Crippen LogP contribution in [0.25, 0.3) is 11.0 Å². The van der Waals surface area contributed by atoms with E-state index in [0.29, 0.717) is 13.2 Å². The number of benzene rings is 2. The van der Waals surface area contributed by atoms with E-state index >= 15 is 0 Å². The Kier molecular flexibility index (Phi) is 4.34. The molecule has 1 N–H and O–H groups in total. The van der Waals surface area contributed by atoms with Gasteiger partial charge in [-0.2, -0.15) is 0 Å². The van der Waals surface area contributed by atoms with Crippen molar-refractivity contribution in [2.75, 3.05) is 13.2 Å².